The molecule has 0 spiro atoms. The molecule has 2 nitrogen and oxygen atoms in total. The average molecular weight is 337 g/mol. The first-order valence-corrected chi connectivity index (χ1v) is 7.30. The van der Waals surface area contributed by atoms with Gasteiger partial charge in [-0.05, 0) is 48.2 Å². The minimum absolute atomic E-state index is 0.285. The molecule has 20 heavy (non-hydrogen) atoms. The highest BCUT2D eigenvalue weighted by Crippen LogP contribution is 2.37. The Labute approximate surface area is 125 Å². The zero-order valence-corrected chi connectivity index (χ0v) is 12.4. The van der Waals surface area contributed by atoms with E-state index in [4.69, 9.17) is 4.74 Å². The molecule has 1 N–H and O–H groups in total. The van der Waals surface area contributed by atoms with Crippen molar-refractivity contribution in [3.05, 3.63) is 63.4 Å². The van der Waals surface area contributed by atoms with Crippen molar-refractivity contribution in [2.24, 2.45) is 0 Å². The molecular formula is C16H14BrFO2. The van der Waals surface area contributed by atoms with Crippen LogP contribution in [0.25, 0.3) is 0 Å². The van der Waals surface area contributed by atoms with Gasteiger partial charge in [-0.15, -0.1) is 0 Å². The lowest BCUT2D eigenvalue weighted by atomic mass is 10.1. The van der Waals surface area contributed by atoms with E-state index >= 15 is 0 Å². The smallest absolute Gasteiger partial charge is 0.124 e. The molecule has 0 amide bonds. The van der Waals surface area contributed by atoms with Gasteiger partial charge in [0.05, 0.1) is 6.10 Å². The predicted molar refractivity (Wildman–Crippen MR) is 78.2 cm³/mol. The average Bonchev–Trinajstić information content (AvgIpc) is 2.78. The molecule has 1 unspecified atom stereocenters. The molecule has 104 valence electrons. The Bertz CT molecular complexity index is 622. The van der Waals surface area contributed by atoms with E-state index in [1.165, 1.54) is 12.1 Å². The molecule has 4 heteroatoms. The van der Waals surface area contributed by atoms with Crippen molar-refractivity contribution >= 4 is 15.9 Å². The van der Waals surface area contributed by atoms with Crippen LogP contribution >= 0.6 is 15.9 Å². The van der Waals surface area contributed by atoms with Gasteiger partial charge in [0.1, 0.15) is 18.2 Å². The van der Waals surface area contributed by atoms with Crippen LogP contribution in [0.2, 0.25) is 0 Å². The number of aliphatic hydroxyl groups excluding tert-OH is 1. The summed E-state index contributed by atoms with van der Waals surface area (Å²) in [6.07, 6.45) is 1.16. The maximum Gasteiger partial charge on any atom is 0.124 e. The van der Waals surface area contributed by atoms with Crippen molar-refractivity contribution in [2.75, 3.05) is 0 Å². The molecule has 0 bridgehead atoms. The van der Waals surface area contributed by atoms with Crippen LogP contribution in [0.5, 0.6) is 5.75 Å². The van der Waals surface area contributed by atoms with Crippen LogP contribution in [0, 0.1) is 5.82 Å². The van der Waals surface area contributed by atoms with E-state index < -0.39 is 6.10 Å². The third kappa shape index (κ3) is 2.72. The van der Waals surface area contributed by atoms with E-state index in [1.54, 1.807) is 0 Å². The van der Waals surface area contributed by atoms with Gasteiger partial charge in [0.2, 0.25) is 0 Å². The summed E-state index contributed by atoms with van der Waals surface area (Å²) in [4.78, 5) is 0. The zero-order valence-electron chi connectivity index (χ0n) is 10.8. The van der Waals surface area contributed by atoms with Crippen LogP contribution < -0.4 is 4.74 Å². The SMILES string of the molecule is OC1CCc2c(OCc3cc(F)cc(Br)c3)cccc21. The van der Waals surface area contributed by atoms with Crippen molar-refractivity contribution in [3.63, 3.8) is 0 Å². The van der Waals surface area contributed by atoms with Crippen LogP contribution in [0.15, 0.2) is 40.9 Å². The largest absolute Gasteiger partial charge is 0.489 e. The molecule has 0 aliphatic heterocycles. The Morgan fingerprint density at radius 3 is 2.95 bits per heavy atom. The molecule has 1 aliphatic rings. The Morgan fingerprint density at radius 2 is 2.15 bits per heavy atom. The number of fused-ring (bicyclic) bond motifs is 1. The second-order valence-corrected chi connectivity index (χ2v) is 5.86. The molecule has 3 rings (SSSR count). The third-order valence-corrected chi connectivity index (χ3v) is 3.97. The number of rotatable bonds is 3. The lowest BCUT2D eigenvalue weighted by molar-refractivity contribution is 0.180. The highest BCUT2D eigenvalue weighted by atomic mass is 79.9. The summed E-state index contributed by atoms with van der Waals surface area (Å²) in [6.45, 7) is 0.308. The fraction of sp³-hybridized carbons (Fsp3) is 0.250. The zero-order chi connectivity index (χ0) is 14.1. The van der Waals surface area contributed by atoms with Gasteiger partial charge in [-0.1, -0.05) is 28.1 Å². The van der Waals surface area contributed by atoms with Crippen molar-refractivity contribution < 1.29 is 14.2 Å². The monoisotopic (exact) mass is 336 g/mol. The van der Waals surface area contributed by atoms with E-state index in [1.807, 2.05) is 24.3 Å². The second kappa shape index (κ2) is 5.54. The first-order valence-electron chi connectivity index (χ1n) is 6.51. The molecule has 2 aromatic carbocycles. The van der Waals surface area contributed by atoms with Crippen LogP contribution in [0.1, 0.15) is 29.2 Å². The van der Waals surface area contributed by atoms with Gasteiger partial charge in [-0.25, -0.2) is 4.39 Å². The van der Waals surface area contributed by atoms with Gasteiger partial charge in [0.25, 0.3) is 0 Å². The molecule has 0 radical (unpaired) electrons. The van der Waals surface area contributed by atoms with E-state index in [9.17, 15) is 9.50 Å². The fourth-order valence-electron chi connectivity index (χ4n) is 2.59. The molecule has 0 saturated carbocycles. The molecular weight excluding hydrogens is 323 g/mol. The highest BCUT2D eigenvalue weighted by Gasteiger charge is 2.23. The quantitative estimate of drug-likeness (QED) is 0.912. The molecule has 0 saturated heterocycles. The van der Waals surface area contributed by atoms with Crippen molar-refractivity contribution in [1.82, 2.24) is 0 Å². The lowest BCUT2D eigenvalue weighted by Crippen LogP contribution is -1.99. The highest BCUT2D eigenvalue weighted by molar-refractivity contribution is 9.10. The molecule has 0 fully saturated rings. The number of aliphatic hydroxyl groups is 1. The van der Waals surface area contributed by atoms with E-state index in [-0.39, 0.29) is 5.82 Å². The van der Waals surface area contributed by atoms with Gasteiger partial charge in [0.15, 0.2) is 0 Å². The van der Waals surface area contributed by atoms with Crippen molar-refractivity contribution in [2.45, 2.75) is 25.6 Å². The van der Waals surface area contributed by atoms with Crippen molar-refractivity contribution in [3.8, 4) is 5.75 Å². The summed E-state index contributed by atoms with van der Waals surface area (Å²) in [5, 5.41) is 9.85. The van der Waals surface area contributed by atoms with Crippen molar-refractivity contribution in [1.29, 1.82) is 0 Å². The maximum atomic E-state index is 13.3. The topological polar surface area (TPSA) is 29.5 Å². The summed E-state index contributed by atoms with van der Waals surface area (Å²) >= 11 is 3.27. The van der Waals surface area contributed by atoms with Crippen LogP contribution in [0.3, 0.4) is 0 Å². The van der Waals surface area contributed by atoms with Gasteiger partial charge in [-0.2, -0.15) is 0 Å². The summed E-state index contributed by atoms with van der Waals surface area (Å²) < 4.78 is 19.8. The van der Waals surface area contributed by atoms with E-state index in [0.29, 0.717) is 11.1 Å². The number of halogens is 2. The summed E-state index contributed by atoms with van der Waals surface area (Å²) in [5.41, 5.74) is 2.78. The number of benzene rings is 2. The molecule has 2 aromatic rings. The third-order valence-electron chi connectivity index (χ3n) is 3.51. The summed E-state index contributed by atoms with van der Waals surface area (Å²) in [7, 11) is 0. The molecule has 0 aromatic heterocycles. The number of hydrogen-bond donors (Lipinski definition) is 1. The summed E-state index contributed by atoms with van der Waals surface area (Å²) in [5.74, 6) is 0.492. The fourth-order valence-corrected chi connectivity index (χ4v) is 3.10. The van der Waals surface area contributed by atoms with Gasteiger partial charge < -0.3 is 9.84 Å². The maximum absolute atomic E-state index is 13.3. The summed E-state index contributed by atoms with van der Waals surface area (Å²) in [6, 6.07) is 10.4. The number of hydrogen-bond acceptors (Lipinski definition) is 2. The first kappa shape index (κ1) is 13.6. The molecule has 1 aliphatic carbocycles. The Hall–Kier alpha value is -1.39. The minimum atomic E-state index is -0.392. The Morgan fingerprint density at radius 1 is 1.30 bits per heavy atom. The Kier molecular flexibility index (Phi) is 3.76. The van der Waals surface area contributed by atoms with Crippen LogP contribution in [-0.4, -0.2) is 5.11 Å². The minimum Gasteiger partial charge on any atom is -0.489 e. The van der Waals surface area contributed by atoms with E-state index in [0.717, 1.165) is 35.3 Å². The van der Waals surface area contributed by atoms with Crippen LogP contribution in [0.4, 0.5) is 4.39 Å². The Balaban J connectivity index is 1.79. The van der Waals surface area contributed by atoms with E-state index in [2.05, 4.69) is 15.9 Å². The normalized spacial score (nSPS) is 17.1. The lowest BCUT2D eigenvalue weighted by Gasteiger charge is -2.11. The van der Waals surface area contributed by atoms with Gasteiger partial charge in [-0.3, -0.25) is 0 Å². The van der Waals surface area contributed by atoms with Gasteiger partial charge in [0, 0.05) is 10.0 Å². The molecule has 0 heterocycles. The second-order valence-electron chi connectivity index (χ2n) is 4.94. The van der Waals surface area contributed by atoms with Gasteiger partial charge >= 0.3 is 0 Å². The predicted octanol–water partition coefficient (Wildman–Crippen LogP) is 4.15. The first-order chi connectivity index (χ1) is 9.63. The molecule has 1 atom stereocenters. The number of ether oxygens (including phenoxy) is 1. The van der Waals surface area contributed by atoms with Crippen LogP contribution in [-0.2, 0) is 13.0 Å². The standard InChI is InChI=1S/C16H14BrFO2/c17-11-6-10(7-12(18)8-11)9-20-16-3-1-2-13-14(16)4-5-15(13)19/h1-3,6-8,15,19H,4-5,9H2.